The standard InChI is InChI=1S/C72H140O17P2/c1-7-9-11-13-15-17-30-36-42-48-54-69(74)82-60-67(88-71(76)56-50-44-38-31-18-16-14-12-10-8-2)62-86-90(78,79)84-58-66(73)59-85-91(80,81)87-63-68(61-83-70(75)55-49-43-37-33-27-29-35-41-47-53-65(5)6)89-72(77)57-51-45-39-32-26-24-22-20-19-21-23-25-28-34-40-46-52-64(3)4/h64-68,73H,7-63H2,1-6H3,(H,78,79)(H,80,81)/t66-,67+,68+/m0/s1. The van der Waals surface area contributed by atoms with Crippen molar-refractivity contribution in [3.63, 3.8) is 0 Å². The maximum absolute atomic E-state index is 13.0. The molecule has 0 aliphatic heterocycles. The number of phosphoric acid groups is 2. The quantitative estimate of drug-likeness (QED) is 0.0222. The van der Waals surface area contributed by atoms with Crippen LogP contribution in [0, 0.1) is 11.8 Å². The van der Waals surface area contributed by atoms with Gasteiger partial charge in [0.25, 0.3) is 0 Å². The van der Waals surface area contributed by atoms with Crippen molar-refractivity contribution < 1.29 is 80.2 Å². The summed E-state index contributed by atoms with van der Waals surface area (Å²) in [6.07, 6.45) is 49.9. The van der Waals surface area contributed by atoms with Crippen molar-refractivity contribution in [1.29, 1.82) is 0 Å². The van der Waals surface area contributed by atoms with Crippen LogP contribution < -0.4 is 0 Å². The van der Waals surface area contributed by atoms with Crippen LogP contribution in [0.3, 0.4) is 0 Å². The summed E-state index contributed by atoms with van der Waals surface area (Å²) >= 11 is 0. The second kappa shape index (κ2) is 64.1. The van der Waals surface area contributed by atoms with Crippen LogP contribution in [-0.4, -0.2) is 96.7 Å². The Balaban J connectivity index is 5.20. The zero-order valence-electron chi connectivity index (χ0n) is 59.1. The summed E-state index contributed by atoms with van der Waals surface area (Å²) < 4.78 is 68.3. The van der Waals surface area contributed by atoms with Gasteiger partial charge in [-0.25, -0.2) is 9.13 Å². The molecule has 0 amide bonds. The fraction of sp³-hybridized carbons (Fsp3) is 0.944. The van der Waals surface area contributed by atoms with E-state index in [1.54, 1.807) is 0 Å². The number of hydrogen-bond acceptors (Lipinski definition) is 15. The van der Waals surface area contributed by atoms with Gasteiger partial charge in [0.15, 0.2) is 12.2 Å². The zero-order valence-corrected chi connectivity index (χ0v) is 60.9. The highest BCUT2D eigenvalue weighted by atomic mass is 31.2. The molecule has 0 aromatic heterocycles. The first kappa shape index (κ1) is 89.1. The lowest BCUT2D eigenvalue weighted by atomic mass is 10.0. The number of hydrogen-bond donors (Lipinski definition) is 3. The first-order valence-corrected chi connectivity index (χ1v) is 40.5. The van der Waals surface area contributed by atoms with Crippen LogP contribution in [0.4, 0.5) is 0 Å². The van der Waals surface area contributed by atoms with Crippen LogP contribution in [0.2, 0.25) is 0 Å². The van der Waals surface area contributed by atoms with Gasteiger partial charge in [-0.2, -0.15) is 0 Å². The molecule has 0 rings (SSSR count). The summed E-state index contributed by atoms with van der Waals surface area (Å²) in [6, 6.07) is 0. The van der Waals surface area contributed by atoms with E-state index in [2.05, 4.69) is 41.5 Å². The number of aliphatic hydroxyl groups excluding tert-OH is 1. The lowest BCUT2D eigenvalue weighted by molar-refractivity contribution is -0.161. The van der Waals surface area contributed by atoms with Crippen LogP contribution in [0.25, 0.3) is 0 Å². The summed E-state index contributed by atoms with van der Waals surface area (Å²) in [6.45, 7) is 9.56. The average Bonchev–Trinajstić information content (AvgIpc) is 3.37. The van der Waals surface area contributed by atoms with Gasteiger partial charge in [-0.3, -0.25) is 37.3 Å². The molecule has 0 aliphatic carbocycles. The Hall–Kier alpha value is -1.94. The topological polar surface area (TPSA) is 237 Å². The van der Waals surface area contributed by atoms with Crippen LogP contribution in [0.1, 0.15) is 369 Å². The maximum Gasteiger partial charge on any atom is 0.472 e. The van der Waals surface area contributed by atoms with Crippen molar-refractivity contribution in [3.05, 3.63) is 0 Å². The molecule has 5 atom stereocenters. The molecule has 91 heavy (non-hydrogen) atoms. The first-order chi connectivity index (χ1) is 43.9. The second-order valence-corrected chi connectivity index (χ2v) is 29.8. The summed E-state index contributed by atoms with van der Waals surface area (Å²) in [7, 11) is -9.90. The van der Waals surface area contributed by atoms with Crippen molar-refractivity contribution >= 4 is 39.5 Å². The maximum atomic E-state index is 13.0. The minimum absolute atomic E-state index is 0.106. The molecule has 0 heterocycles. The molecule has 0 bridgehead atoms. The summed E-state index contributed by atoms with van der Waals surface area (Å²) in [5, 5.41) is 10.6. The van der Waals surface area contributed by atoms with Crippen molar-refractivity contribution in [1.82, 2.24) is 0 Å². The van der Waals surface area contributed by atoms with Gasteiger partial charge < -0.3 is 33.8 Å². The second-order valence-electron chi connectivity index (χ2n) is 26.9. The number of carbonyl (C=O) groups is 4. The molecule has 0 spiro atoms. The van der Waals surface area contributed by atoms with Crippen LogP contribution in [-0.2, 0) is 65.4 Å². The largest absolute Gasteiger partial charge is 0.472 e. The Kier molecular flexibility index (Phi) is 62.7. The number of rotatable bonds is 71. The van der Waals surface area contributed by atoms with E-state index in [9.17, 15) is 43.2 Å². The van der Waals surface area contributed by atoms with Crippen molar-refractivity contribution in [2.45, 2.75) is 387 Å². The summed E-state index contributed by atoms with van der Waals surface area (Å²) in [5.74, 6) is -0.569. The Morgan fingerprint density at radius 1 is 0.297 bits per heavy atom. The van der Waals surface area contributed by atoms with E-state index in [4.69, 9.17) is 37.0 Å². The van der Waals surface area contributed by atoms with E-state index in [-0.39, 0.29) is 25.7 Å². The molecule has 2 unspecified atom stereocenters. The van der Waals surface area contributed by atoms with Gasteiger partial charge in [-0.05, 0) is 37.5 Å². The van der Waals surface area contributed by atoms with Gasteiger partial charge >= 0.3 is 39.5 Å². The molecular formula is C72H140O17P2. The molecule has 0 aliphatic rings. The fourth-order valence-electron chi connectivity index (χ4n) is 10.9. The molecule has 19 heteroatoms. The van der Waals surface area contributed by atoms with Gasteiger partial charge in [-0.15, -0.1) is 0 Å². The molecule has 0 aromatic carbocycles. The van der Waals surface area contributed by atoms with Gasteiger partial charge in [0.2, 0.25) is 0 Å². The molecule has 0 aromatic rings. The van der Waals surface area contributed by atoms with Crippen LogP contribution in [0.5, 0.6) is 0 Å². The number of carbonyl (C=O) groups excluding carboxylic acids is 4. The number of esters is 4. The van der Waals surface area contributed by atoms with Gasteiger partial charge in [0.1, 0.15) is 19.3 Å². The van der Waals surface area contributed by atoms with Crippen molar-refractivity contribution in [2.75, 3.05) is 39.6 Å². The lowest BCUT2D eigenvalue weighted by Gasteiger charge is -2.21. The van der Waals surface area contributed by atoms with Crippen molar-refractivity contribution in [2.24, 2.45) is 11.8 Å². The normalized spacial score (nSPS) is 14.1. The molecular weight excluding hydrogens is 1200 g/mol. The SMILES string of the molecule is CCCCCCCCCCCCC(=O)OC[C@H](COP(=O)(O)OC[C@H](O)COP(=O)(O)OC[C@@H](COC(=O)CCCCCCCCCCCC(C)C)OC(=O)CCCCCCCCCCCCCCCCCCC(C)C)OC(=O)CCCCCCCCCCCC. The van der Waals surface area contributed by atoms with Crippen LogP contribution in [0.15, 0.2) is 0 Å². The Morgan fingerprint density at radius 3 is 0.747 bits per heavy atom. The first-order valence-electron chi connectivity index (χ1n) is 37.5. The van der Waals surface area contributed by atoms with E-state index in [1.165, 1.54) is 186 Å². The third kappa shape index (κ3) is 66.5. The van der Waals surface area contributed by atoms with E-state index in [0.29, 0.717) is 25.7 Å². The molecule has 17 nitrogen and oxygen atoms in total. The predicted octanol–water partition coefficient (Wildman–Crippen LogP) is 20.8. The van der Waals surface area contributed by atoms with E-state index >= 15 is 0 Å². The summed E-state index contributed by atoms with van der Waals surface area (Å²) in [5.41, 5.74) is 0. The van der Waals surface area contributed by atoms with E-state index < -0.39 is 97.5 Å². The molecule has 0 fully saturated rings. The van der Waals surface area contributed by atoms with Gasteiger partial charge in [0, 0.05) is 25.7 Å². The fourth-order valence-corrected chi connectivity index (χ4v) is 12.5. The zero-order chi connectivity index (χ0) is 67.2. The highest BCUT2D eigenvalue weighted by Gasteiger charge is 2.30. The molecule has 3 N–H and O–H groups in total. The summed E-state index contributed by atoms with van der Waals surface area (Å²) in [4.78, 5) is 72.5. The van der Waals surface area contributed by atoms with E-state index in [0.717, 1.165) is 102 Å². The smallest absolute Gasteiger partial charge is 0.462 e. The minimum Gasteiger partial charge on any atom is -0.462 e. The Labute approximate surface area is 556 Å². The monoisotopic (exact) mass is 1340 g/mol. The molecule has 0 saturated carbocycles. The third-order valence-corrected chi connectivity index (χ3v) is 18.6. The number of ether oxygens (including phenoxy) is 4. The molecule has 0 radical (unpaired) electrons. The minimum atomic E-state index is -4.95. The number of unbranched alkanes of at least 4 members (excludes halogenated alkanes) is 41. The number of aliphatic hydroxyl groups is 1. The number of phosphoric ester groups is 2. The molecule has 0 saturated heterocycles. The highest BCUT2D eigenvalue weighted by molar-refractivity contribution is 7.47. The molecule has 540 valence electrons. The highest BCUT2D eigenvalue weighted by Crippen LogP contribution is 2.45. The van der Waals surface area contributed by atoms with Crippen LogP contribution >= 0.6 is 15.6 Å². The van der Waals surface area contributed by atoms with Crippen molar-refractivity contribution in [3.8, 4) is 0 Å². The predicted molar refractivity (Wildman–Crippen MR) is 368 cm³/mol. The average molecular weight is 1340 g/mol. The van der Waals surface area contributed by atoms with E-state index in [1.807, 2.05) is 0 Å². The lowest BCUT2D eigenvalue weighted by Crippen LogP contribution is -2.30. The third-order valence-electron chi connectivity index (χ3n) is 16.7. The Morgan fingerprint density at radius 2 is 0.505 bits per heavy atom. The van der Waals surface area contributed by atoms with Gasteiger partial charge in [0.05, 0.1) is 26.4 Å². The van der Waals surface area contributed by atoms with Gasteiger partial charge in [-0.1, -0.05) is 318 Å². The Bertz CT molecular complexity index is 1770.